The number of amides is 1. The molecule has 9 heteroatoms. The quantitative estimate of drug-likeness (QED) is 0.823. The summed E-state index contributed by atoms with van der Waals surface area (Å²) in [4.78, 5) is 17.8. The molecule has 0 fully saturated rings. The summed E-state index contributed by atoms with van der Waals surface area (Å²) in [7, 11) is -2.41. The Hall–Kier alpha value is -2.42. The zero-order valence-electron chi connectivity index (χ0n) is 13.2. The van der Waals surface area contributed by atoms with Gasteiger partial charge in [-0.2, -0.15) is 9.67 Å². The molecule has 2 aromatic rings. The van der Waals surface area contributed by atoms with Crippen molar-refractivity contribution in [1.82, 2.24) is 19.7 Å². The van der Waals surface area contributed by atoms with Gasteiger partial charge in [0.1, 0.15) is 6.33 Å². The first-order chi connectivity index (χ1) is 10.9. The predicted molar refractivity (Wildman–Crippen MR) is 85.8 cm³/mol. The van der Waals surface area contributed by atoms with Gasteiger partial charge in [0.2, 0.25) is 0 Å². The maximum absolute atomic E-state index is 12.5. The van der Waals surface area contributed by atoms with E-state index in [9.17, 15) is 13.2 Å². The number of hydrogen-bond acceptors (Lipinski definition) is 5. The Morgan fingerprint density at radius 1 is 1.17 bits per heavy atom. The minimum absolute atomic E-state index is 0.0608. The molecule has 0 unspecified atom stereocenters. The molecule has 0 aliphatic carbocycles. The largest absolute Gasteiger partial charge is 0.346 e. The second-order valence-electron chi connectivity index (χ2n) is 4.73. The molecule has 1 amide bonds. The molecule has 0 saturated carbocycles. The number of nitrogens with zero attached hydrogens (tertiary/aromatic N) is 5. The van der Waals surface area contributed by atoms with Crippen LogP contribution in [0.3, 0.4) is 0 Å². The number of carbonyl (C=O) groups excluding carboxylic acids is 1. The summed E-state index contributed by atoms with van der Waals surface area (Å²) in [5, 5.41) is 3.98. The van der Waals surface area contributed by atoms with Gasteiger partial charge in [-0.1, -0.05) is 18.2 Å². The Labute approximate surface area is 135 Å². The van der Waals surface area contributed by atoms with Crippen molar-refractivity contribution in [2.75, 3.05) is 24.4 Å². The topological polar surface area (TPSA) is 88.4 Å². The third-order valence-electron chi connectivity index (χ3n) is 3.39. The number of anilines is 1. The van der Waals surface area contributed by atoms with Gasteiger partial charge in [-0.3, -0.25) is 0 Å². The molecular weight excluding hydrogens is 318 g/mol. The van der Waals surface area contributed by atoms with E-state index in [4.69, 9.17) is 0 Å². The molecule has 0 bridgehead atoms. The van der Waals surface area contributed by atoms with Crippen LogP contribution in [0.5, 0.6) is 0 Å². The molecule has 0 atom stereocenters. The number of hydrogen-bond donors (Lipinski definition) is 0. The van der Waals surface area contributed by atoms with Crippen molar-refractivity contribution in [3.05, 3.63) is 36.7 Å². The first kappa shape index (κ1) is 16.9. The van der Waals surface area contributed by atoms with Gasteiger partial charge in [0, 0.05) is 20.1 Å². The number of sulfonamides is 1. The van der Waals surface area contributed by atoms with Gasteiger partial charge >= 0.3 is 6.03 Å². The molecule has 0 saturated heterocycles. The molecule has 2 rings (SSSR count). The second kappa shape index (κ2) is 6.78. The zero-order chi connectivity index (χ0) is 17.0. The highest BCUT2D eigenvalue weighted by Crippen LogP contribution is 2.18. The fraction of sp³-hybridized carbons (Fsp3) is 0.357. The van der Waals surface area contributed by atoms with E-state index in [2.05, 4.69) is 10.1 Å². The van der Waals surface area contributed by atoms with Crippen molar-refractivity contribution >= 4 is 22.0 Å². The third-order valence-corrected chi connectivity index (χ3v) is 5.15. The third kappa shape index (κ3) is 3.34. The Morgan fingerprint density at radius 3 is 2.35 bits per heavy atom. The van der Waals surface area contributed by atoms with Gasteiger partial charge in [0.05, 0.1) is 4.90 Å². The Kier molecular flexibility index (Phi) is 4.99. The lowest BCUT2D eigenvalue weighted by molar-refractivity contribution is 0.201. The fourth-order valence-corrected chi connectivity index (χ4v) is 3.10. The van der Waals surface area contributed by atoms with Gasteiger partial charge in [0.15, 0.2) is 0 Å². The van der Waals surface area contributed by atoms with Crippen LogP contribution in [0.25, 0.3) is 0 Å². The van der Waals surface area contributed by atoms with Crippen LogP contribution in [-0.2, 0) is 10.0 Å². The number of carbonyl (C=O) groups is 1. The Morgan fingerprint density at radius 2 is 1.78 bits per heavy atom. The minimum Gasteiger partial charge on any atom is -0.323 e. The maximum Gasteiger partial charge on any atom is 0.346 e. The summed E-state index contributed by atoms with van der Waals surface area (Å²) < 4.78 is 27.0. The van der Waals surface area contributed by atoms with E-state index < -0.39 is 10.0 Å². The van der Waals surface area contributed by atoms with Gasteiger partial charge in [-0.25, -0.2) is 17.5 Å². The van der Waals surface area contributed by atoms with E-state index in [0.717, 1.165) is 8.99 Å². The van der Waals surface area contributed by atoms with Gasteiger partial charge < -0.3 is 4.90 Å². The molecule has 0 radical (unpaired) electrons. The van der Waals surface area contributed by atoms with Crippen molar-refractivity contribution in [3.8, 4) is 0 Å². The lowest BCUT2D eigenvalue weighted by atomic mass is 10.4. The number of benzene rings is 1. The monoisotopic (exact) mass is 337 g/mol. The normalized spacial score (nSPS) is 11.3. The van der Waals surface area contributed by atoms with Crippen LogP contribution in [0, 0.1) is 0 Å². The molecule has 1 heterocycles. The molecule has 0 spiro atoms. The smallest absolute Gasteiger partial charge is 0.323 e. The van der Waals surface area contributed by atoms with Crippen LogP contribution in [0.15, 0.2) is 41.6 Å². The van der Waals surface area contributed by atoms with Crippen LogP contribution >= 0.6 is 0 Å². The van der Waals surface area contributed by atoms with Crippen LogP contribution < -0.4 is 4.31 Å². The Bertz CT molecular complexity index is 769. The number of aromatic nitrogens is 3. The van der Waals surface area contributed by atoms with Crippen LogP contribution in [-0.4, -0.2) is 54.3 Å². The highest BCUT2D eigenvalue weighted by Gasteiger charge is 2.25. The van der Waals surface area contributed by atoms with Crippen LogP contribution in [0.4, 0.5) is 10.7 Å². The van der Waals surface area contributed by atoms with Crippen molar-refractivity contribution in [2.45, 2.75) is 18.7 Å². The fourth-order valence-electron chi connectivity index (χ4n) is 1.99. The molecule has 1 aromatic heterocycles. The Balaban J connectivity index is 2.28. The standard InChI is InChI=1S/C14H19N5O3S/c1-4-18(5-2)14(20)19-11-15-13(16-19)17(3)23(21,22)12-9-7-6-8-10-12/h6-11H,4-5H2,1-3H3. The second-order valence-corrected chi connectivity index (χ2v) is 6.70. The lowest BCUT2D eigenvalue weighted by Gasteiger charge is -2.17. The molecule has 1 aromatic carbocycles. The van der Waals surface area contributed by atoms with E-state index in [-0.39, 0.29) is 16.9 Å². The summed E-state index contributed by atoms with van der Waals surface area (Å²) in [5.41, 5.74) is 0. The van der Waals surface area contributed by atoms with E-state index in [1.165, 1.54) is 25.5 Å². The average molecular weight is 337 g/mol. The van der Waals surface area contributed by atoms with E-state index in [1.54, 1.807) is 23.1 Å². The van der Waals surface area contributed by atoms with E-state index in [1.807, 2.05) is 13.8 Å². The first-order valence-electron chi connectivity index (χ1n) is 7.16. The number of rotatable bonds is 5. The van der Waals surface area contributed by atoms with Gasteiger partial charge in [0.25, 0.3) is 16.0 Å². The van der Waals surface area contributed by atoms with Gasteiger partial charge in [-0.05, 0) is 26.0 Å². The maximum atomic E-state index is 12.5. The summed E-state index contributed by atoms with van der Waals surface area (Å²) >= 11 is 0. The lowest BCUT2D eigenvalue weighted by Crippen LogP contribution is -2.35. The summed E-state index contributed by atoms with van der Waals surface area (Å²) in [6, 6.07) is 7.63. The molecule has 0 N–H and O–H groups in total. The SMILES string of the molecule is CCN(CC)C(=O)n1cnc(N(C)S(=O)(=O)c2ccccc2)n1. The molecule has 124 valence electrons. The summed E-state index contributed by atoms with van der Waals surface area (Å²) in [5.74, 6) is -0.0608. The van der Waals surface area contributed by atoms with Crippen molar-refractivity contribution in [1.29, 1.82) is 0 Å². The predicted octanol–water partition coefficient (Wildman–Crippen LogP) is 1.41. The van der Waals surface area contributed by atoms with Crippen LogP contribution in [0.2, 0.25) is 0 Å². The molecule has 0 aliphatic rings. The minimum atomic E-state index is -3.77. The van der Waals surface area contributed by atoms with Crippen molar-refractivity contribution in [2.24, 2.45) is 0 Å². The molecule has 23 heavy (non-hydrogen) atoms. The average Bonchev–Trinajstić information content (AvgIpc) is 3.05. The van der Waals surface area contributed by atoms with Crippen molar-refractivity contribution < 1.29 is 13.2 Å². The highest BCUT2D eigenvalue weighted by molar-refractivity contribution is 7.92. The summed E-state index contributed by atoms with van der Waals surface area (Å²) in [6.07, 6.45) is 1.22. The molecular formula is C14H19N5O3S. The molecule has 0 aliphatic heterocycles. The molecule has 8 nitrogen and oxygen atoms in total. The highest BCUT2D eigenvalue weighted by atomic mass is 32.2. The van der Waals surface area contributed by atoms with Crippen LogP contribution in [0.1, 0.15) is 13.8 Å². The first-order valence-corrected chi connectivity index (χ1v) is 8.60. The van der Waals surface area contributed by atoms with Crippen molar-refractivity contribution in [3.63, 3.8) is 0 Å². The van der Waals surface area contributed by atoms with E-state index in [0.29, 0.717) is 13.1 Å². The summed E-state index contributed by atoms with van der Waals surface area (Å²) in [6.45, 7) is 4.77. The van der Waals surface area contributed by atoms with Gasteiger partial charge in [-0.15, -0.1) is 5.10 Å². The zero-order valence-corrected chi connectivity index (χ0v) is 14.1. The van der Waals surface area contributed by atoms with E-state index >= 15 is 0 Å².